The fourth-order valence-electron chi connectivity index (χ4n) is 3.72. The van der Waals surface area contributed by atoms with E-state index in [2.05, 4.69) is 0 Å². The van der Waals surface area contributed by atoms with Crippen LogP contribution in [-0.4, -0.2) is 73.4 Å². The quantitative estimate of drug-likeness (QED) is 0.553. The first-order valence-electron chi connectivity index (χ1n) is 8.82. The number of nitrogens with zero attached hydrogens (tertiary/aromatic N) is 2. The Morgan fingerprint density at radius 2 is 1.56 bits per heavy atom. The lowest BCUT2D eigenvalue weighted by Gasteiger charge is -2.37. The van der Waals surface area contributed by atoms with Crippen molar-refractivity contribution in [2.24, 2.45) is 5.92 Å². The SMILES string of the molecule is COC(=O)[C@H]1CC[C@H](C(=O)OC)N(CCN2C(=O)c3ccccc3C2=O)C1. The molecule has 0 unspecified atom stereocenters. The minimum atomic E-state index is -0.508. The van der Waals surface area contributed by atoms with Gasteiger partial charge in [0.25, 0.3) is 11.8 Å². The molecule has 0 spiro atoms. The molecule has 2 heterocycles. The molecular weight excluding hydrogens is 352 g/mol. The fourth-order valence-corrected chi connectivity index (χ4v) is 3.72. The van der Waals surface area contributed by atoms with E-state index in [-0.39, 0.29) is 42.8 Å². The maximum atomic E-state index is 12.5. The van der Waals surface area contributed by atoms with E-state index in [1.54, 1.807) is 29.2 Å². The van der Waals surface area contributed by atoms with Crippen LogP contribution < -0.4 is 0 Å². The number of methoxy groups -OCH3 is 2. The zero-order chi connectivity index (χ0) is 19.6. The number of likely N-dealkylation sites (tertiary alicyclic amines) is 1. The van der Waals surface area contributed by atoms with Crippen LogP contribution in [0.4, 0.5) is 0 Å². The molecule has 1 saturated heterocycles. The molecule has 1 fully saturated rings. The van der Waals surface area contributed by atoms with Gasteiger partial charge >= 0.3 is 11.9 Å². The molecule has 0 N–H and O–H groups in total. The first-order valence-corrected chi connectivity index (χ1v) is 8.82. The minimum Gasteiger partial charge on any atom is -0.469 e. The van der Waals surface area contributed by atoms with Gasteiger partial charge in [0.15, 0.2) is 0 Å². The summed E-state index contributed by atoms with van der Waals surface area (Å²) in [6, 6.07) is 6.17. The Kier molecular flexibility index (Phi) is 5.55. The molecule has 0 aliphatic carbocycles. The number of benzene rings is 1. The van der Waals surface area contributed by atoms with Crippen molar-refractivity contribution in [3.8, 4) is 0 Å². The van der Waals surface area contributed by atoms with E-state index >= 15 is 0 Å². The molecule has 3 rings (SSSR count). The highest BCUT2D eigenvalue weighted by atomic mass is 16.5. The standard InChI is InChI=1S/C19H22N2O6/c1-26-18(24)12-7-8-15(19(25)27-2)20(11-12)9-10-21-16(22)13-5-3-4-6-14(13)17(21)23/h3-6,12,15H,7-11H2,1-2H3/t12-,15+/m0/s1. The zero-order valence-corrected chi connectivity index (χ0v) is 15.3. The molecule has 2 aliphatic heterocycles. The topological polar surface area (TPSA) is 93.2 Å². The monoisotopic (exact) mass is 374 g/mol. The summed E-state index contributed by atoms with van der Waals surface area (Å²) in [5.41, 5.74) is 0.774. The number of rotatable bonds is 5. The van der Waals surface area contributed by atoms with Crippen LogP contribution in [-0.2, 0) is 19.1 Å². The van der Waals surface area contributed by atoms with Gasteiger partial charge in [-0.2, -0.15) is 0 Å². The van der Waals surface area contributed by atoms with Crippen molar-refractivity contribution >= 4 is 23.8 Å². The van der Waals surface area contributed by atoms with Crippen molar-refractivity contribution in [3.63, 3.8) is 0 Å². The van der Waals surface area contributed by atoms with Gasteiger partial charge in [0.2, 0.25) is 0 Å². The van der Waals surface area contributed by atoms with Gasteiger partial charge in [-0.25, -0.2) is 0 Å². The number of imide groups is 1. The highest BCUT2D eigenvalue weighted by molar-refractivity contribution is 6.21. The van der Waals surface area contributed by atoms with Crippen molar-refractivity contribution in [1.82, 2.24) is 9.80 Å². The molecule has 27 heavy (non-hydrogen) atoms. The molecule has 1 aromatic rings. The number of hydrogen-bond donors (Lipinski definition) is 0. The third-order valence-electron chi connectivity index (χ3n) is 5.18. The maximum absolute atomic E-state index is 12.5. The van der Waals surface area contributed by atoms with Crippen molar-refractivity contribution in [2.45, 2.75) is 18.9 Å². The molecule has 2 atom stereocenters. The summed E-state index contributed by atoms with van der Waals surface area (Å²) < 4.78 is 9.68. The Balaban J connectivity index is 1.71. The summed E-state index contributed by atoms with van der Waals surface area (Å²) in [6.45, 7) is 0.724. The van der Waals surface area contributed by atoms with Gasteiger partial charge in [0.05, 0.1) is 31.3 Å². The molecule has 8 nitrogen and oxygen atoms in total. The van der Waals surface area contributed by atoms with Crippen LogP contribution in [0.25, 0.3) is 0 Å². The number of fused-ring (bicyclic) bond motifs is 1. The van der Waals surface area contributed by atoms with E-state index in [0.717, 1.165) is 0 Å². The van der Waals surface area contributed by atoms with Gasteiger partial charge in [-0.1, -0.05) is 12.1 Å². The van der Waals surface area contributed by atoms with Crippen molar-refractivity contribution in [2.75, 3.05) is 33.9 Å². The molecule has 0 saturated carbocycles. The van der Waals surface area contributed by atoms with E-state index in [0.29, 0.717) is 30.5 Å². The van der Waals surface area contributed by atoms with Crippen molar-refractivity contribution in [1.29, 1.82) is 0 Å². The molecule has 0 bridgehead atoms. The fraction of sp³-hybridized carbons (Fsp3) is 0.474. The number of hydrogen-bond acceptors (Lipinski definition) is 7. The van der Waals surface area contributed by atoms with E-state index < -0.39 is 6.04 Å². The van der Waals surface area contributed by atoms with Crippen LogP contribution in [0.2, 0.25) is 0 Å². The summed E-state index contributed by atoms with van der Waals surface area (Å²) in [6.07, 6.45) is 0.977. The largest absolute Gasteiger partial charge is 0.469 e. The van der Waals surface area contributed by atoms with Gasteiger partial charge in [-0.3, -0.25) is 29.0 Å². The highest BCUT2D eigenvalue weighted by Crippen LogP contribution is 2.26. The summed E-state index contributed by atoms with van der Waals surface area (Å²) in [7, 11) is 2.65. The van der Waals surface area contributed by atoms with Crippen molar-refractivity contribution < 1.29 is 28.7 Å². The Bertz CT molecular complexity index is 742. The van der Waals surface area contributed by atoms with E-state index in [1.807, 2.05) is 0 Å². The molecule has 0 aromatic heterocycles. The molecule has 2 aliphatic rings. The van der Waals surface area contributed by atoms with Gasteiger partial charge in [0.1, 0.15) is 6.04 Å². The third kappa shape index (κ3) is 3.57. The van der Waals surface area contributed by atoms with Crippen molar-refractivity contribution in [3.05, 3.63) is 35.4 Å². The Labute approximate surface area is 157 Å². The van der Waals surface area contributed by atoms with Crippen LogP contribution in [0.3, 0.4) is 0 Å². The van der Waals surface area contributed by atoms with Crippen LogP contribution in [0.1, 0.15) is 33.6 Å². The number of esters is 2. The van der Waals surface area contributed by atoms with E-state index in [1.165, 1.54) is 19.1 Å². The number of carbonyl (C=O) groups is 4. The highest BCUT2D eigenvalue weighted by Gasteiger charge is 2.39. The zero-order valence-electron chi connectivity index (χ0n) is 15.3. The summed E-state index contributed by atoms with van der Waals surface area (Å²) >= 11 is 0. The second-order valence-electron chi connectivity index (χ2n) is 6.64. The van der Waals surface area contributed by atoms with Gasteiger partial charge in [-0.15, -0.1) is 0 Å². The normalized spacial score (nSPS) is 22.5. The first-order chi connectivity index (χ1) is 13.0. The molecule has 144 valence electrons. The average molecular weight is 374 g/mol. The van der Waals surface area contributed by atoms with E-state index in [4.69, 9.17) is 9.47 Å². The lowest BCUT2D eigenvalue weighted by molar-refractivity contribution is -0.155. The predicted molar refractivity (Wildman–Crippen MR) is 93.9 cm³/mol. The van der Waals surface area contributed by atoms with Gasteiger partial charge in [-0.05, 0) is 25.0 Å². The second kappa shape index (κ2) is 7.87. The summed E-state index contributed by atoms with van der Waals surface area (Å²) in [5, 5.41) is 0. The minimum absolute atomic E-state index is 0.133. The number of amides is 2. The Morgan fingerprint density at radius 3 is 2.11 bits per heavy atom. The van der Waals surface area contributed by atoms with Crippen LogP contribution in [0.5, 0.6) is 0 Å². The lowest BCUT2D eigenvalue weighted by Crippen LogP contribution is -2.52. The first kappa shape index (κ1) is 19.0. The summed E-state index contributed by atoms with van der Waals surface area (Å²) in [5.74, 6) is -1.75. The van der Waals surface area contributed by atoms with Gasteiger partial charge in [0, 0.05) is 19.6 Å². The molecule has 1 aromatic carbocycles. The Hall–Kier alpha value is -2.74. The summed E-state index contributed by atoms with van der Waals surface area (Å²) in [4.78, 5) is 51.9. The van der Waals surface area contributed by atoms with Crippen LogP contribution >= 0.6 is 0 Å². The lowest BCUT2D eigenvalue weighted by atomic mass is 9.92. The Morgan fingerprint density at radius 1 is 0.963 bits per heavy atom. The smallest absolute Gasteiger partial charge is 0.323 e. The van der Waals surface area contributed by atoms with E-state index in [9.17, 15) is 19.2 Å². The molecular formula is C19H22N2O6. The number of carbonyl (C=O) groups excluding carboxylic acids is 4. The number of piperidine rings is 1. The molecule has 8 heteroatoms. The number of ether oxygens (including phenoxy) is 2. The third-order valence-corrected chi connectivity index (χ3v) is 5.18. The van der Waals surface area contributed by atoms with Gasteiger partial charge < -0.3 is 9.47 Å². The van der Waals surface area contributed by atoms with Crippen LogP contribution in [0, 0.1) is 5.92 Å². The van der Waals surface area contributed by atoms with Crippen LogP contribution in [0.15, 0.2) is 24.3 Å². The maximum Gasteiger partial charge on any atom is 0.323 e. The molecule has 2 amide bonds. The average Bonchev–Trinajstić information content (AvgIpc) is 2.95. The molecule has 0 radical (unpaired) electrons. The second-order valence-corrected chi connectivity index (χ2v) is 6.64. The predicted octanol–water partition coefficient (Wildman–Crippen LogP) is 0.709.